The summed E-state index contributed by atoms with van der Waals surface area (Å²) in [6.45, 7) is 0. The van der Waals surface area contributed by atoms with Crippen molar-refractivity contribution in [1.82, 2.24) is 0 Å². The van der Waals surface area contributed by atoms with Crippen LogP contribution in [0, 0.1) is 0 Å². The maximum atomic E-state index is 11.0. The summed E-state index contributed by atoms with van der Waals surface area (Å²) in [7, 11) is 0. The van der Waals surface area contributed by atoms with Crippen LogP contribution < -0.4 is 0 Å². The molecule has 13 heavy (non-hydrogen) atoms. The second kappa shape index (κ2) is 4.09. The second-order valence-corrected chi connectivity index (χ2v) is 3.05. The highest BCUT2D eigenvalue weighted by molar-refractivity contribution is 7.82. The number of allylic oxidation sites excluding steroid dienone is 4. The summed E-state index contributed by atoms with van der Waals surface area (Å²) >= 11 is 4.84. The summed E-state index contributed by atoms with van der Waals surface area (Å²) in [6.07, 6.45) is 4.99. The van der Waals surface area contributed by atoms with Gasteiger partial charge >= 0.3 is 5.97 Å². The Kier molecular flexibility index (Phi) is 3.08. The zero-order chi connectivity index (χ0) is 9.84. The van der Waals surface area contributed by atoms with Crippen molar-refractivity contribution in [2.45, 2.75) is 12.8 Å². The van der Waals surface area contributed by atoms with Crippen molar-refractivity contribution >= 4 is 28.8 Å². The number of aliphatic carboxylic acids is 1. The predicted molar refractivity (Wildman–Crippen MR) is 51.7 cm³/mol. The van der Waals surface area contributed by atoms with Gasteiger partial charge in [-0.15, -0.1) is 0 Å². The second-order valence-electron chi connectivity index (χ2n) is 2.64. The first kappa shape index (κ1) is 9.80. The molecule has 3 nitrogen and oxygen atoms in total. The highest BCUT2D eigenvalue weighted by atomic mass is 32.1. The third-order valence-corrected chi connectivity index (χ3v) is 2.13. The Morgan fingerprint density at radius 3 is 2.85 bits per heavy atom. The Labute approximate surface area is 80.7 Å². The number of carbonyl (C=O) groups is 2. The van der Waals surface area contributed by atoms with Gasteiger partial charge < -0.3 is 5.11 Å². The Bertz CT molecular complexity index is 326. The third-order valence-electron chi connectivity index (χ3n) is 1.67. The van der Waals surface area contributed by atoms with E-state index < -0.39 is 5.97 Å². The zero-order valence-electron chi connectivity index (χ0n) is 6.82. The number of hydrogen-bond donors (Lipinski definition) is 1. The van der Waals surface area contributed by atoms with Gasteiger partial charge in [-0.05, 0) is 18.1 Å². The fourth-order valence-electron chi connectivity index (χ4n) is 1.000. The van der Waals surface area contributed by atoms with E-state index in [2.05, 4.69) is 0 Å². The first-order valence-electron chi connectivity index (χ1n) is 3.79. The molecule has 0 spiro atoms. The molecule has 1 N–H and O–H groups in total. The fourth-order valence-corrected chi connectivity index (χ4v) is 1.24. The molecule has 0 aromatic carbocycles. The normalized spacial score (nSPS) is 15.8. The lowest BCUT2D eigenvalue weighted by Crippen LogP contribution is -2.14. The molecule has 0 radical (unpaired) electrons. The van der Waals surface area contributed by atoms with E-state index in [1.54, 1.807) is 12.2 Å². The quantitative estimate of drug-likeness (QED) is 0.691. The van der Waals surface area contributed by atoms with Crippen molar-refractivity contribution in [3.8, 4) is 0 Å². The molecule has 0 amide bonds. The summed E-state index contributed by atoms with van der Waals surface area (Å²) in [5.74, 6) is -1.09. The van der Waals surface area contributed by atoms with Gasteiger partial charge in [0, 0.05) is 6.42 Å². The summed E-state index contributed by atoms with van der Waals surface area (Å²) in [6, 6.07) is 0. The van der Waals surface area contributed by atoms with E-state index in [0.717, 1.165) is 0 Å². The van der Waals surface area contributed by atoms with Crippen molar-refractivity contribution in [2.24, 2.45) is 0 Å². The number of thiocarbonyl (C=S) groups is 1. The monoisotopic (exact) mass is 196 g/mol. The number of ketones is 1. The molecular weight excluding hydrogens is 188 g/mol. The summed E-state index contributed by atoms with van der Waals surface area (Å²) < 4.78 is 0. The topological polar surface area (TPSA) is 54.4 Å². The Hall–Kier alpha value is -1.29. The molecule has 0 atom stereocenters. The fraction of sp³-hybridized carbons (Fsp3) is 0.222. The Morgan fingerprint density at radius 1 is 1.54 bits per heavy atom. The molecule has 0 unspecified atom stereocenters. The highest BCUT2D eigenvalue weighted by Crippen LogP contribution is 2.13. The van der Waals surface area contributed by atoms with Crippen LogP contribution in [0.5, 0.6) is 0 Å². The van der Waals surface area contributed by atoms with E-state index >= 15 is 0 Å². The largest absolute Gasteiger partial charge is 0.481 e. The van der Waals surface area contributed by atoms with Crippen LogP contribution in [-0.4, -0.2) is 21.7 Å². The van der Waals surface area contributed by atoms with Gasteiger partial charge in [0.2, 0.25) is 0 Å². The maximum absolute atomic E-state index is 11.0. The van der Waals surface area contributed by atoms with Crippen LogP contribution in [-0.2, 0) is 9.59 Å². The smallest absolute Gasteiger partial charge is 0.303 e. The molecular formula is C9H8O3S. The van der Waals surface area contributed by atoms with E-state index in [1.165, 1.54) is 6.08 Å². The number of carboxylic acid groups (broad SMARTS) is 1. The molecule has 0 aromatic rings. The van der Waals surface area contributed by atoms with E-state index in [-0.39, 0.29) is 17.1 Å². The average Bonchev–Trinajstić information content (AvgIpc) is 2.07. The van der Waals surface area contributed by atoms with Crippen LogP contribution in [0.1, 0.15) is 12.8 Å². The lowest BCUT2D eigenvalue weighted by Gasteiger charge is -2.07. The number of carbonyl (C=O) groups excluding carboxylic acids is 1. The van der Waals surface area contributed by atoms with Crippen LogP contribution in [0.4, 0.5) is 0 Å². The maximum Gasteiger partial charge on any atom is 0.303 e. The lowest BCUT2D eigenvalue weighted by atomic mass is 9.99. The van der Waals surface area contributed by atoms with Gasteiger partial charge in [-0.1, -0.05) is 24.4 Å². The molecule has 0 aliphatic heterocycles. The number of carboxylic acids is 1. The van der Waals surface area contributed by atoms with Crippen molar-refractivity contribution < 1.29 is 14.7 Å². The Morgan fingerprint density at radius 2 is 2.23 bits per heavy atom. The van der Waals surface area contributed by atoms with Gasteiger partial charge in [-0.25, -0.2) is 0 Å². The molecule has 1 aliphatic rings. The molecule has 0 saturated carbocycles. The predicted octanol–water partition coefficient (Wildman–Crippen LogP) is 1.29. The molecule has 4 heteroatoms. The minimum Gasteiger partial charge on any atom is -0.481 e. The first-order valence-corrected chi connectivity index (χ1v) is 4.20. The molecule has 0 aromatic heterocycles. The van der Waals surface area contributed by atoms with Crippen LogP contribution in [0.25, 0.3) is 0 Å². The highest BCUT2D eigenvalue weighted by Gasteiger charge is 2.14. The van der Waals surface area contributed by atoms with Gasteiger partial charge in [-0.2, -0.15) is 0 Å². The zero-order valence-corrected chi connectivity index (χ0v) is 7.63. The van der Waals surface area contributed by atoms with E-state index in [0.29, 0.717) is 12.0 Å². The summed E-state index contributed by atoms with van der Waals surface area (Å²) in [5.41, 5.74) is 0.643. The van der Waals surface area contributed by atoms with Gasteiger partial charge in [-0.3, -0.25) is 9.59 Å². The van der Waals surface area contributed by atoms with Crippen molar-refractivity contribution in [2.75, 3.05) is 0 Å². The van der Waals surface area contributed by atoms with Gasteiger partial charge in [0.05, 0.1) is 4.86 Å². The van der Waals surface area contributed by atoms with Crippen LogP contribution in [0.3, 0.4) is 0 Å². The average molecular weight is 196 g/mol. The van der Waals surface area contributed by atoms with Crippen molar-refractivity contribution in [1.29, 1.82) is 0 Å². The number of hydrogen-bond acceptors (Lipinski definition) is 3. The summed E-state index contributed by atoms with van der Waals surface area (Å²) in [5, 5.41) is 8.42. The van der Waals surface area contributed by atoms with Crippen LogP contribution >= 0.6 is 12.2 Å². The molecule has 68 valence electrons. The van der Waals surface area contributed by atoms with Crippen LogP contribution in [0.2, 0.25) is 0 Å². The van der Waals surface area contributed by atoms with Gasteiger partial charge in [0.15, 0.2) is 5.78 Å². The standard InChI is InChI=1S/C9H8O3S/c10-7-3-1-2-6(9(7)13)4-5-8(11)12/h1-3H,4-5H2,(H,11,12). The van der Waals surface area contributed by atoms with Crippen molar-refractivity contribution in [3.63, 3.8) is 0 Å². The van der Waals surface area contributed by atoms with Crippen molar-refractivity contribution in [3.05, 3.63) is 23.8 Å². The van der Waals surface area contributed by atoms with E-state index in [9.17, 15) is 9.59 Å². The third kappa shape index (κ3) is 2.59. The van der Waals surface area contributed by atoms with Gasteiger partial charge in [0.1, 0.15) is 0 Å². The molecule has 0 bridgehead atoms. The van der Waals surface area contributed by atoms with E-state index in [4.69, 9.17) is 17.3 Å². The van der Waals surface area contributed by atoms with Gasteiger partial charge in [0.25, 0.3) is 0 Å². The summed E-state index contributed by atoms with van der Waals surface area (Å²) in [4.78, 5) is 21.5. The minimum atomic E-state index is -0.884. The molecule has 0 fully saturated rings. The Balaban J connectivity index is 2.64. The molecule has 1 aliphatic carbocycles. The molecule has 0 heterocycles. The number of rotatable bonds is 3. The first-order chi connectivity index (χ1) is 6.11. The SMILES string of the molecule is O=C(O)CCC1=CC=CC(=O)C1=S. The lowest BCUT2D eigenvalue weighted by molar-refractivity contribution is -0.136. The molecule has 0 saturated heterocycles. The van der Waals surface area contributed by atoms with Crippen LogP contribution in [0.15, 0.2) is 23.8 Å². The van der Waals surface area contributed by atoms with E-state index in [1.807, 2.05) is 0 Å². The minimum absolute atomic E-state index is 0.00704. The molecule has 1 rings (SSSR count).